The van der Waals surface area contributed by atoms with Gasteiger partial charge in [-0.25, -0.2) is 0 Å². The van der Waals surface area contributed by atoms with Crippen molar-refractivity contribution in [1.82, 2.24) is 0 Å². The van der Waals surface area contributed by atoms with Gasteiger partial charge in [-0.3, -0.25) is 0 Å². The fraction of sp³-hybridized carbons (Fsp3) is 0.379. The first kappa shape index (κ1) is 25.9. The van der Waals surface area contributed by atoms with Crippen molar-refractivity contribution in [3.63, 3.8) is 0 Å². The first-order chi connectivity index (χ1) is 15.7. The Balaban J connectivity index is 0.00000176. The Morgan fingerprint density at radius 3 is 2.59 bits per heavy atom. The molecule has 2 aromatic carbocycles. The molecule has 0 radical (unpaired) electrons. The molecule has 0 bridgehead atoms. The molecule has 2 unspecified atom stereocenters. The van der Waals surface area contributed by atoms with Crippen LogP contribution in [0, 0.1) is 5.92 Å². The van der Waals surface area contributed by atoms with Crippen LogP contribution in [0.3, 0.4) is 0 Å². The van der Waals surface area contributed by atoms with Crippen LogP contribution in [0.1, 0.15) is 69.6 Å². The summed E-state index contributed by atoms with van der Waals surface area (Å²) in [5.41, 5.74) is 5.28. The van der Waals surface area contributed by atoms with E-state index in [2.05, 4.69) is 62.9 Å². The molecule has 0 saturated heterocycles. The molecule has 0 saturated carbocycles. The summed E-state index contributed by atoms with van der Waals surface area (Å²) in [5.74, 6) is 2.89. The van der Waals surface area contributed by atoms with Crippen LogP contribution in [0.25, 0.3) is 0 Å². The average Bonchev–Trinajstić information content (AvgIpc) is 2.84. The number of phenolic OH excluding ortho intramolecular Hbond substituents is 1. The number of phenols is 1. The Bertz CT molecular complexity index is 896. The molecule has 172 valence electrons. The predicted molar refractivity (Wildman–Crippen MR) is 141 cm³/mol. The van der Waals surface area contributed by atoms with E-state index in [1.807, 2.05) is 26.0 Å². The van der Waals surface area contributed by atoms with Crippen LogP contribution in [-0.4, -0.2) is 10.9 Å². The quantitative estimate of drug-likeness (QED) is 0.235. The van der Waals surface area contributed by atoms with Gasteiger partial charge in [-0.05, 0) is 78.6 Å². The van der Waals surface area contributed by atoms with E-state index in [1.54, 1.807) is 24.2 Å². The summed E-state index contributed by atoms with van der Waals surface area (Å²) in [4.78, 5) is 0. The number of benzene rings is 2. The highest BCUT2D eigenvalue weighted by atomic mass is 32.2. The first-order valence-corrected chi connectivity index (χ1v) is 12.8. The molecule has 2 atom stereocenters. The van der Waals surface area contributed by atoms with Crippen molar-refractivity contribution in [2.45, 2.75) is 59.3 Å². The molecule has 2 nitrogen and oxygen atoms in total. The van der Waals surface area contributed by atoms with E-state index < -0.39 is 0 Å². The minimum Gasteiger partial charge on any atom is -0.508 e. The molecule has 1 aliphatic rings. The zero-order valence-corrected chi connectivity index (χ0v) is 20.8. The Morgan fingerprint density at radius 2 is 1.94 bits per heavy atom. The molecule has 3 heteroatoms. The highest BCUT2D eigenvalue weighted by Crippen LogP contribution is 2.45. The minimum absolute atomic E-state index is 0.247. The number of allylic oxidation sites excluding steroid dienone is 5. The summed E-state index contributed by atoms with van der Waals surface area (Å²) in [6.45, 7) is 12.1. The van der Waals surface area contributed by atoms with Gasteiger partial charge in [-0.1, -0.05) is 76.3 Å². The zero-order chi connectivity index (χ0) is 23.3. The summed E-state index contributed by atoms with van der Waals surface area (Å²) in [5, 5.41) is 9.79. The topological polar surface area (TPSA) is 29.5 Å². The van der Waals surface area contributed by atoms with Gasteiger partial charge >= 0.3 is 0 Å². The van der Waals surface area contributed by atoms with Gasteiger partial charge in [0.2, 0.25) is 0 Å². The van der Waals surface area contributed by atoms with Gasteiger partial charge in [0.15, 0.2) is 0 Å². The lowest BCUT2D eigenvalue weighted by Gasteiger charge is -2.35. The molecule has 2 aromatic rings. The Kier molecular flexibility index (Phi) is 11.2. The number of rotatable bonds is 9. The van der Waals surface area contributed by atoms with Gasteiger partial charge in [-0.15, -0.1) is 0 Å². The molecule has 0 fully saturated rings. The van der Waals surface area contributed by atoms with Crippen molar-refractivity contribution >= 4 is 12.0 Å². The molecular formula is C29H38O2S. The second-order valence-electron chi connectivity index (χ2n) is 7.72. The lowest BCUT2D eigenvalue weighted by Crippen LogP contribution is -2.23. The number of unbranched alkanes of at least 4 members (excludes halogenated alkanes) is 1. The molecule has 0 aliphatic heterocycles. The molecule has 1 N–H and O–H groups in total. The fourth-order valence-corrected chi connectivity index (χ4v) is 4.96. The molecule has 3 rings (SSSR count). The molecule has 32 heavy (non-hydrogen) atoms. The Morgan fingerprint density at radius 1 is 1.19 bits per heavy atom. The third-order valence-corrected chi connectivity index (χ3v) is 6.52. The van der Waals surface area contributed by atoms with E-state index in [0.29, 0.717) is 11.7 Å². The van der Waals surface area contributed by atoms with Crippen LogP contribution in [0.5, 0.6) is 11.5 Å². The Labute approximate surface area is 199 Å². The summed E-state index contributed by atoms with van der Waals surface area (Å²) in [6.07, 6.45) is 12.7. The van der Waals surface area contributed by atoms with Crippen molar-refractivity contribution < 1.29 is 9.29 Å². The lowest BCUT2D eigenvalue weighted by molar-refractivity contribution is 0.467. The largest absolute Gasteiger partial charge is 0.508 e. The van der Waals surface area contributed by atoms with Gasteiger partial charge in [0.05, 0.1) is 12.0 Å². The van der Waals surface area contributed by atoms with E-state index in [0.717, 1.165) is 24.3 Å². The molecule has 0 amide bonds. The van der Waals surface area contributed by atoms with E-state index in [-0.39, 0.29) is 5.92 Å². The summed E-state index contributed by atoms with van der Waals surface area (Å²) in [7, 11) is 0. The van der Waals surface area contributed by atoms with Crippen LogP contribution in [0.4, 0.5) is 0 Å². The van der Waals surface area contributed by atoms with E-state index in [4.69, 9.17) is 4.18 Å². The SMILES string of the molecule is C=C/C=C\C(=C/C)C1CCc2cc(OSCCCC)ccc2C1c1ccc(O)cc1.CC. The number of hydrogen-bond acceptors (Lipinski definition) is 3. The summed E-state index contributed by atoms with van der Waals surface area (Å²) in [6, 6.07) is 14.2. The number of fused-ring (bicyclic) bond motifs is 1. The maximum Gasteiger partial charge on any atom is 0.137 e. The smallest absolute Gasteiger partial charge is 0.137 e. The van der Waals surface area contributed by atoms with E-state index >= 15 is 0 Å². The molecular weight excluding hydrogens is 412 g/mol. The van der Waals surface area contributed by atoms with E-state index in [9.17, 15) is 5.11 Å². The van der Waals surface area contributed by atoms with Crippen LogP contribution in [0.15, 0.2) is 78.9 Å². The standard InChI is InChI=1S/C27H32O2S.C2H6/c1-4-7-9-20(6-3)25-16-12-22-19-24(29-30-18-8-5-2)15-17-26(22)27(25)21-10-13-23(28)14-11-21;1-2/h4,6-7,9-11,13-15,17,19,25,27-28H,1,5,8,12,16,18H2,2-3H3;1-2H3/b9-7-,20-6+;. The monoisotopic (exact) mass is 450 g/mol. The van der Waals surface area contributed by atoms with Crippen LogP contribution >= 0.6 is 12.0 Å². The predicted octanol–water partition coefficient (Wildman–Crippen LogP) is 8.63. The van der Waals surface area contributed by atoms with Gasteiger partial charge < -0.3 is 9.29 Å². The number of hydrogen-bond donors (Lipinski definition) is 1. The third-order valence-electron chi connectivity index (χ3n) is 5.75. The number of aryl methyl sites for hydroxylation is 1. The van der Waals surface area contributed by atoms with Crippen LogP contribution in [0.2, 0.25) is 0 Å². The normalized spacial score (nSPS) is 17.9. The molecule has 0 heterocycles. The number of aromatic hydroxyl groups is 1. The highest BCUT2D eigenvalue weighted by molar-refractivity contribution is 7.95. The van der Waals surface area contributed by atoms with Crippen molar-refractivity contribution in [3.05, 3.63) is 95.6 Å². The maximum atomic E-state index is 9.79. The van der Waals surface area contributed by atoms with Crippen molar-refractivity contribution in [2.24, 2.45) is 5.92 Å². The zero-order valence-electron chi connectivity index (χ0n) is 20.0. The average molecular weight is 451 g/mol. The lowest BCUT2D eigenvalue weighted by atomic mass is 9.69. The Hall–Kier alpha value is -2.39. The summed E-state index contributed by atoms with van der Waals surface area (Å²) < 4.78 is 5.93. The van der Waals surface area contributed by atoms with Crippen LogP contribution < -0.4 is 4.18 Å². The first-order valence-electron chi connectivity index (χ1n) is 11.8. The summed E-state index contributed by atoms with van der Waals surface area (Å²) >= 11 is 1.54. The van der Waals surface area contributed by atoms with E-state index in [1.165, 1.54) is 35.1 Å². The fourth-order valence-electron chi connectivity index (χ4n) is 4.23. The molecule has 0 aromatic heterocycles. The third kappa shape index (κ3) is 6.80. The van der Waals surface area contributed by atoms with Gasteiger partial charge in [0, 0.05) is 11.7 Å². The van der Waals surface area contributed by atoms with Gasteiger partial charge in [-0.2, -0.15) is 0 Å². The second-order valence-corrected chi connectivity index (χ2v) is 8.53. The maximum absolute atomic E-state index is 9.79. The van der Waals surface area contributed by atoms with Gasteiger partial charge in [0.25, 0.3) is 0 Å². The van der Waals surface area contributed by atoms with Gasteiger partial charge in [0.1, 0.15) is 11.5 Å². The van der Waals surface area contributed by atoms with Crippen LogP contribution in [-0.2, 0) is 6.42 Å². The highest BCUT2D eigenvalue weighted by Gasteiger charge is 2.32. The molecule has 0 spiro atoms. The second kappa shape index (κ2) is 13.9. The molecule has 1 aliphatic carbocycles. The van der Waals surface area contributed by atoms with Crippen molar-refractivity contribution in [3.8, 4) is 11.5 Å². The minimum atomic E-state index is 0.247. The van der Waals surface area contributed by atoms with Crippen molar-refractivity contribution in [1.29, 1.82) is 0 Å². The van der Waals surface area contributed by atoms with Crippen molar-refractivity contribution in [2.75, 3.05) is 5.75 Å².